The van der Waals surface area contributed by atoms with Gasteiger partial charge < -0.3 is 11.2 Å². The zero-order chi connectivity index (χ0) is 15.6. The first-order valence-electron chi connectivity index (χ1n) is 5.78. The average Bonchev–Trinajstić information content (AvgIpc) is 2.67. The number of aromatic nitrogens is 3. The lowest BCUT2D eigenvalue weighted by Gasteiger charge is -2.24. The summed E-state index contributed by atoms with van der Waals surface area (Å²) in [6.45, 7) is 5.62. The number of amides is 1. The van der Waals surface area contributed by atoms with E-state index in [4.69, 9.17) is 5.84 Å². The second-order valence-electron chi connectivity index (χ2n) is 4.75. The van der Waals surface area contributed by atoms with Gasteiger partial charge >= 0.3 is 6.18 Å². The Balaban J connectivity index is 2.64. The summed E-state index contributed by atoms with van der Waals surface area (Å²) < 4.78 is 37.6. The first kappa shape index (κ1) is 16.6. The van der Waals surface area contributed by atoms with Gasteiger partial charge in [-0.3, -0.25) is 4.79 Å². The van der Waals surface area contributed by atoms with Crippen molar-refractivity contribution in [2.75, 3.05) is 11.6 Å². The molecule has 1 amide bonds. The van der Waals surface area contributed by atoms with Crippen LogP contribution in [-0.4, -0.2) is 32.1 Å². The molecule has 114 valence electrons. The molecule has 0 atom stereocenters. The van der Waals surface area contributed by atoms with Crippen molar-refractivity contribution in [1.29, 1.82) is 0 Å². The maximum Gasteiger partial charge on any atom is 0.453 e. The quantitative estimate of drug-likeness (QED) is 0.634. The highest BCUT2D eigenvalue weighted by atomic mass is 32.2. The zero-order valence-electron chi connectivity index (χ0n) is 11.3. The first-order valence-corrected chi connectivity index (χ1v) is 6.77. The molecule has 10 heteroatoms. The van der Waals surface area contributed by atoms with E-state index >= 15 is 0 Å². The number of nitrogen functional groups attached to an aromatic ring is 1. The molecule has 1 heterocycles. The van der Waals surface area contributed by atoms with Gasteiger partial charge in [-0.2, -0.15) is 13.2 Å². The molecule has 0 aliphatic carbocycles. The van der Waals surface area contributed by atoms with Gasteiger partial charge in [0.15, 0.2) is 0 Å². The van der Waals surface area contributed by atoms with Gasteiger partial charge in [0.05, 0.1) is 5.75 Å². The lowest BCUT2D eigenvalue weighted by atomic mass is 10.0. The Morgan fingerprint density at radius 1 is 1.40 bits per heavy atom. The molecule has 0 aromatic carbocycles. The van der Waals surface area contributed by atoms with Crippen LogP contribution in [0, 0.1) is 0 Å². The Bertz CT molecular complexity index is 486. The highest BCUT2D eigenvalue weighted by Gasteiger charge is 2.38. The van der Waals surface area contributed by atoms with E-state index in [0.29, 0.717) is 4.68 Å². The number of hydrogen-bond acceptors (Lipinski definition) is 5. The van der Waals surface area contributed by atoms with Crippen LogP contribution in [0.25, 0.3) is 0 Å². The van der Waals surface area contributed by atoms with Gasteiger partial charge in [0, 0.05) is 5.54 Å². The summed E-state index contributed by atoms with van der Waals surface area (Å²) in [5, 5.41) is 8.88. The monoisotopic (exact) mass is 311 g/mol. The fraction of sp³-hybridized carbons (Fsp3) is 0.700. The molecule has 0 bridgehead atoms. The summed E-state index contributed by atoms with van der Waals surface area (Å²) in [5.41, 5.74) is -0.370. The van der Waals surface area contributed by atoms with Crippen LogP contribution < -0.4 is 11.2 Å². The fourth-order valence-corrected chi connectivity index (χ4v) is 1.86. The molecule has 20 heavy (non-hydrogen) atoms. The van der Waals surface area contributed by atoms with E-state index in [9.17, 15) is 18.0 Å². The third-order valence-corrected chi connectivity index (χ3v) is 3.56. The minimum Gasteiger partial charge on any atom is -0.351 e. The molecule has 3 N–H and O–H groups in total. The smallest absolute Gasteiger partial charge is 0.351 e. The molecular formula is C10H16F3N5OS. The van der Waals surface area contributed by atoms with E-state index in [1.807, 2.05) is 20.8 Å². The normalized spacial score (nSPS) is 12.5. The summed E-state index contributed by atoms with van der Waals surface area (Å²) >= 11 is 0.796. The van der Waals surface area contributed by atoms with Crippen LogP contribution in [0.15, 0.2) is 5.16 Å². The van der Waals surface area contributed by atoms with Crippen LogP contribution in [0.1, 0.15) is 33.0 Å². The van der Waals surface area contributed by atoms with Gasteiger partial charge in [0.25, 0.3) is 5.82 Å². The molecule has 0 spiro atoms. The van der Waals surface area contributed by atoms with Crippen molar-refractivity contribution >= 4 is 17.7 Å². The summed E-state index contributed by atoms with van der Waals surface area (Å²) in [7, 11) is 0. The van der Waals surface area contributed by atoms with Gasteiger partial charge in [-0.05, 0) is 20.3 Å². The first-order chi connectivity index (χ1) is 9.07. The topological polar surface area (TPSA) is 85.8 Å². The number of nitrogens with zero attached hydrogens (tertiary/aromatic N) is 3. The summed E-state index contributed by atoms with van der Waals surface area (Å²) in [6.07, 6.45) is -3.94. The molecular weight excluding hydrogens is 295 g/mol. The number of thioether (sulfide) groups is 1. The van der Waals surface area contributed by atoms with E-state index in [2.05, 4.69) is 15.5 Å². The number of nitrogens with two attached hydrogens (primary N) is 1. The highest BCUT2D eigenvalue weighted by Crippen LogP contribution is 2.28. The maximum atomic E-state index is 12.4. The van der Waals surface area contributed by atoms with E-state index in [1.54, 1.807) is 0 Å². The molecule has 0 aliphatic rings. The second kappa shape index (κ2) is 5.90. The Morgan fingerprint density at radius 2 is 2.00 bits per heavy atom. The van der Waals surface area contributed by atoms with Crippen molar-refractivity contribution in [3.8, 4) is 0 Å². The van der Waals surface area contributed by atoms with E-state index in [1.165, 1.54) is 0 Å². The number of rotatable bonds is 5. The third kappa shape index (κ3) is 4.29. The van der Waals surface area contributed by atoms with Crippen molar-refractivity contribution in [2.24, 2.45) is 0 Å². The van der Waals surface area contributed by atoms with Crippen LogP contribution in [0.5, 0.6) is 0 Å². The van der Waals surface area contributed by atoms with Crippen molar-refractivity contribution in [3.05, 3.63) is 5.82 Å². The van der Waals surface area contributed by atoms with E-state index in [-0.39, 0.29) is 22.4 Å². The zero-order valence-corrected chi connectivity index (χ0v) is 12.1. The number of carbonyl (C=O) groups is 1. The Kier molecular flexibility index (Phi) is 4.90. The van der Waals surface area contributed by atoms with Crippen molar-refractivity contribution in [1.82, 2.24) is 20.2 Å². The molecule has 6 nitrogen and oxygen atoms in total. The van der Waals surface area contributed by atoms with Crippen molar-refractivity contribution < 1.29 is 18.0 Å². The number of alkyl halides is 3. The van der Waals surface area contributed by atoms with Crippen molar-refractivity contribution in [2.45, 2.75) is 44.1 Å². The van der Waals surface area contributed by atoms with Crippen LogP contribution in [0.4, 0.5) is 13.2 Å². The van der Waals surface area contributed by atoms with Crippen LogP contribution in [0.3, 0.4) is 0 Å². The van der Waals surface area contributed by atoms with Gasteiger partial charge in [0.1, 0.15) is 0 Å². The SMILES string of the molecule is CCC(C)(C)NC(=O)CSc1nnc(C(F)(F)F)n1N. The van der Waals surface area contributed by atoms with Crippen LogP contribution in [-0.2, 0) is 11.0 Å². The minimum absolute atomic E-state index is 0.0867. The molecule has 0 fully saturated rings. The lowest BCUT2D eigenvalue weighted by molar-refractivity contribution is -0.146. The van der Waals surface area contributed by atoms with Gasteiger partial charge in [0.2, 0.25) is 11.1 Å². The molecule has 1 rings (SSSR count). The summed E-state index contributed by atoms with van der Waals surface area (Å²) in [4.78, 5) is 11.7. The molecule has 0 radical (unpaired) electrons. The van der Waals surface area contributed by atoms with E-state index < -0.39 is 12.0 Å². The largest absolute Gasteiger partial charge is 0.453 e. The van der Waals surface area contributed by atoms with Crippen molar-refractivity contribution in [3.63, 3.8) is 0 Å². The van der Waals surface area contributed by atoms with Crippen LogP contribution >= 0.6 is 11.8 Å². The number of carbonyl (C=O) groups excluding carboxylic acids is 1. The summed E-state index contributed by atoms with van der Waals surface area (Å²) in [6, 6.07) is 0. The predicted octanol–water partition coefficient (Wildman–Crippen LogP) is 1.41. The predicted molar refractivity (Wildman–Crippen MR) is 68.4 cm³/mol. The van der Waals surface area contributed by atoms with Gasteiger partial charge in [-0.15, -0.1) is 10.2 Å². The Hall–Kier alpha value is -1.45. The molecule has 1 aromatic heterocycles. The maximum absolute atomic E-state index is 12.4. The number of hydrogen-bond donors (Lipinski definition) is 2. The molecule has 0 saturated heterocycles. The number of halogens is 3. The minimum atomic E-state index is -4.67. The second-order valence-corrected chi connectivity index (χ2v) is 5.69. The Labute approximate surface area is 118 Å². The third-order valence-electron chi connectivity index (χ3n) is 2.61. The standard InChI is InChI=1S/C10H16F3N5OS/c1-4-9(2,3)15-6(19)5-20-8-17-16-7(18(8)14)10(11,12)13/h4-5,14H2,1-3H3,(H,15,19). The Morgan fingerprint density at radius 3 is 2.45 bits per heavy atom. The van der Waals surface area contributed by atoms with Crippen LogP contribution in [0.2, 0.25) is 0 Å². The molecule has 1 aromatic rings. The number of nitrogens with one attached hydrogen (secondary N) is 1. The summed E-state index contributed by atoms with van der Waals surface area (Å²) in [5.74, 6) is 3.56. The molecule has 0 saturated carbocycles. The lowest BCUT2D eigenvalue weighted by Crippen LogP contribution is -2.43. The fourth-order valence-electron chi connectivity index (χ4n) is 1.20. The van der Waals surface area contributed by atoms with E-state index in [0.717, 1.165) is 18.2 Å². The van der Waals surface area contributed by atoms with Gasteiger partial charge in [-0.1, -0.05) is 18.7 Å². The molecule has 0 unspecified atom stereocenters. The molecule has 0 aliphatic heterocycles. The highest BCUT2D eigenvalue weighted by molar-refractivity contribution is 7.99. The van der Waals surface area contributed by atoms with Gasteiger partial charge in [-0.25, -0.2) is 4.68 Å². The average molecular weight is 311 g/mol.